The average Bonchev–Trinajstić information content (AvgIpc) is 2.83. The molecule has 0 saturated heterocycles. The molecule has 0 aromatic carbocycles. The molecule has 0 aliphatic heterocycles. The molecule has 162 valence electrons. The molecule has 2 heterocycles. The molecule has 0 aliphatic carbocycles. The number of ether oxygens (including phenoxy) is 2. The van der Waals surface area contributed by atoms with E-state index >= 15 is 0 Å². The van der Waals surface area contributed by atoms with Gasteiger partial charge in [0, 0.05) is 12.4 Å². The molecule has 0 fully saturated rings. The Hall–Kier alpha value is -4.24. The van der Waals surface area contributed by atoms with Gasteiger partial charge in [-0.15, -0.1) is 12.8 Å². The molecule has 2 atom stereocenters. The van der Waals surface area contributed by atoms with Crippen LogP contribution >= 0.6 is 0 Å². The second-order valence-electron chi connectivity index (χ2n) is 6.36. The Balaban J connectivity index is 2.25. The summed E-state index contributed by atoms with van der Waals surface area (Å²) in [7, 11) is 0. The third-order valence-electron chi connectivity index (χ3n) is 4.22. The number of aliphatic hydroxyl groups is 2. The van der Waals surface area contributed by atoms with Crippen molar-refractivity contribution >= 4 is 11.9 Å². The summed E-state index contributed by atoms with van der Waals surface area (Å²) in [6.45, 7) is 6.62. The van der Waals surface area contributed by atoms with E-state index < -0.39 is 24.1 Å². The van der Waals surface area contributed by atoms with Crippen LogP contribution < -0.4 is 0 Å². The minimum Gasteiger partial charge on any atom is -0.449 e. The molecule has 2 unspecified atom stereocenters. The summed E-state index contributed by atoms with van der Waals surface area (Å²) < 4.78 is 9.54. The number of pyridine rings is 2. The fourth-order valence-corrected chi connectivity index (χ4v) is 2.54. The third kappa shape index (κ3) is 5.89. The number of terminal acetylenes is 2. The number of hydrogen-bond acceptors (Lipinski definition) is 8. The van der Waals surface area contributed by atoms with Gasteiger partial charge in [0.05, 0.1) is 22.5 Å². The first kappa shape index (κ1) is 24.0. The first-order valence-electron chi connectivity index (χ1n) is 9.17. The minimum atomic E-state index is -1.36. The lowest BCUT2D eigenvalue weighted by molar-refractivity contribution is -0.139. The van der Waals surface area contributed by atoms with Crippen LogP contribution in [0.5, 0.6) is 0 Å². The van der Waals surface area contributed by atoms with Gasteiger partial charge < -0.3 is 19.7 Å². The zero-order valence-corrected chi connectivity index (χ0v) is 17.0. The molecule has 2 rings (SSSR count). The lowest BCUT2D eigenvalue weighted by Crippen LogP contribution is -2.14. The number of aliphatic hydroxyl groups excluding tert-OH is 2. The molecule has 0 spiro atoms. The van der Waals surface area contributed by atoms with Gasteiger partial charge >= 0.3 is 11.9 Å². The van der Waals surface area contributed by atoms with Crippen molar-refractivity contribution in [2.24, 2.45) is 0 Å². The predicted octanol–water partition coefficient (Wildman–Crippen LogP) is 1.68. The van der Waals surface area contributed by atoms with E-state index in [1.807, 2.05) is 0 Å². The van der Waals surface area contributed by atoms with Crippen molar-refractivity contribution in [2.45, 2.75) is 12.2 Å². The third-order valence-corrected chi connectivity index (χ3v) is 4.22. The summed E-state index contributed by atoms with van der Waals surface area (Å²) in [4.78, 5) is 32.2. The average molecular weight is 432 g/mol. The molecule has 0 amide bonds. The first-order chi connectivity index (χ1) is 15.3. The summed E-state index contributed by atoms with van der Waals surface area (Å²) in [5.74, 6) is 2.65. The largest absolute Gasteiger partial charge is 0.449 e. The van der Waals surface area contributed by atoms with Gasteiger partial charge in [0.1, 0.15) is 12.2 Å². The van der Waals surface area contributed by atoms with Gasteiger partial charge in [0.15, 0.2) is 13.2 Å². The Morgan fingerprint density at radius 2 is 1.25 bits per heavy atom. The number of carbonyl (C=O) groups is 2. The van der Waals surface area contributed by atoms with Gasteiger partial charge in [-0.25, -0.2) is 9.59 Å². The Morgan fingerprint density at radius 1 is 0.875 bits per heavy atom. The first-order valence-corrected chi connectivity index (χ1v) is 9.17. The summed E-state index contributed by atoms with van der Waals surface area (Å²) in [5.41, 5.74) is 0.898. The minimum absolute atomic E-state index is 0.198. The van der Waals surface area contributed by atoms with Crippen molar-refractivity contribution in [3.05, 3.63) is 72.1 Å². The lowest BCUT2D eigenvalue weighted by atomic mass is 10.0. The van der Waals surface area contributed by atoms with Crippen molar-refractivity contribution in [3.63, 3.8) is 0 Å². The highest BCUT2D eigenvalue weighted by atomic mass is 16.5. The maximum Gasteiger partial charge on any atom is 0.337 e. The van der Waals surface area contributed by atoms with Gasteiger partial charge in [-0.2, -0.15) is 0 Å². The summed E-state index contributed by atoms with van der Waals surface area (Å²) in [6.07, 6.45) is 10.2. The molecule has 0 aliphatic rings. The summed E-state index contributed by atoms with van der Waals surface area (Å²) in [5, 5.41) is 20.9. The number of esters is 2. The van der Waals surface area contributed by atoms with Crippen LogP contribution in [0.3, 0.4) is 0 Å². The van der Waals surface area contributed by atoms with Gasteiger partial charge in [-0.05, 0) is 35.4 Å². The second kappa shape index (κ2) is 11.2. The highest BCUT2D eigenvalue weighted by molar-refractivity contribution is 5.89. The second-order valence-corrected chi connectivity index (χ2v) is 6.36. The zero-order chi connectivity index (χ0) is 23.7. The van der Waals surface area contributed by atoms with Crippen LogP contribution in [0.2, 0.25) is 0 Å². The van der Waals surface area contributed by atoms with Crippen molar-refractivity contribution in [1.82, 2.24) is 9.97 Å². The zero-order valence-electron chi connectivity index (χ0n) is 17.0. The predicted molar refractivity (Wildman–Crippen MR) is 115 cm³/mol. The van der Waals surface area contributed by atoms with Crippen molar-refractivity contribution in [1.29, 1.82) is 0 Å². The molecule has 8 nitrogen and oxygen atoms in total. The quantitative estimate of drug-likeness (QED) is 0.349. The van der Waals surface area contributed by atoms with Gasteiger partial charge in [-0.1, -0.05) is 25.0 Å². The molecule has 0 bridgehead atoms. The molecule has 0 radical (unpaired) electrons. The van der Waals surface area contributed by atoms with Crippen LogP contribution in [0, 0.1) is 24.7 Å². The fraction of sp³-hybridized carbons (Fsp3) is 0.167. The van der Waals surface area contributed by atoms with E-state index in [0.717, 1.165) is 0 Å². The van der Waals surface area contributed by atoms with Crippen LogP contribution in [0.25, 0.3) is 11.4 Å². The number of nitrogens with zero attached hydrogens (tertiary/aromatic N) is 2. The monoisotopic (exact) mass is 432 g/mol. The Morgan fingerprint density at radius 3 is 1.59 bits per heavy atom. The number of rotatable bonds is 9. The molecule has 32 heavy (non-hydrogen) atoms. The van der Waals surface area contributed by atoms with E-state index in [2.05, 4.69) is 35.0 Å². The number of carbonyl (C=O) groups excluding carboxylic acids is 2. The number of hydrogen-bond donors (Lipinski definition) is 2. The van der Waals surface area contributed by atoms with E-state index in [9.17, 15) is 19.8 Å². The Kier molecular flexibility index (Phi) is 8.44. The topological polar surface area (TPSA) is 119 Å². The Labute approximate surface area is 185 Å². The van der Waals surface area contributed by atoms with Crippen molar-refractivity contribution in [2.75, 3.05) is 13.2 Å². The van der Waals surface area contributed by atoms with Gasteiger partial charge in [0.2, 0.25) is 0 Å². The highest BCUT2D eigenvalue weighted by Gasteiger charge is 2.22. The van der Waals surface area contributed by atoms with E-state index in [1.165, 1.54) is 36.7 Å². The van der Waals surface area contributed by atoms with E-state index in [-0.39, 0.29) is 24.4 Å². The Bertz CT molecular complexity index is 1040. The number of aromatic nitrogens is 2. The molecule has 2 N–H and O–H groups in total. The standard InChI is InChI=1S/C24H20N2O6/c1-5-11-31-23(29)15(3)21(27)17-7-9-25-19(13-17)20-14-18(8-10-26-20)22(28)16(4)24(30)32-12-6-2/h1-2,7-10,13-14,21-22,27-28H,3-4,11-12H2. The smallest absolute Gasteiger partial charge is 0.337 e. The van der Waals surface area contributed by atoms with Crippen LogP contribution in [0.15, 0.2) is 61.0 Å². The van der Waals surface area contributed by atoms with Crippen LogP contribution in [0.4, 0.5) is 0 Å². The van der Waals surface area contributed by atoms with Gasteiger partial charge in [0.25, 0.3) is 0 Å². The maximum atomic E-state index is 11.9. The normalized spacial score (nSPS) is 11.9. The van der Waals surface area contributed by atoms with E-state index in [1.54, 1.807) is 0 Å². The molecule has 2 aromatic rings. The fourth-order valence-electron chi connectivity index (χ4n) is 2.54. The highest BCUT2D eigenvalue weighted by Crippen LogP contribution is 2.27. The molecule has 0 saturated carbocycles. The van der Waals surface area contributed by atoms with E-state index in [4.69, 9.17) is 22.3 Å². The van der Waals surface area contributed by atoms with Crippen LogP contribution in [0.1, 0.15) is 23.3 Å². The molecular weight excluding hydrogens is 412 g/mol. The van der Waals surface area contributed by atoms with Crippen LogP contribution in [-0.4, -0.2) is 45.3 Å². The summed E-state index contributed by atoms with van der Waals surface area (Å²) >= 11 is 0. The maximum absolute atomic E-state index is 11.9. The molecule has 8 heteroatoms. The van der Waals surface area contributed by atoms with Crippen molar-refractivity contribution in [3.8, 4) is 36.1 Å². The molecular formula is C24H20N2O6. The van der Waals surface area contributed by atoms with Crippen LogP contribution in [-0.2, 0) is 19.1 Å². The van der Waals surface area contributed by atoms with E-state index in [0.29, 0.717) is 22.5 Å². The van der Waals surface area contributed by atoms with Crippen molar-refractivity contribution < 1.29 is 29.3 Å². The lowest BCUT2D eigenvalue weighted by Gasteiger charge is -2.15. The molecule has 2 aromatic heterocycles. The van der Waals surface area contributed by atoms with Gasteiger partial charge in [-0.3, -0.25) is 9.97 Å². The summed E-state index contributed by atoms with van der Waals surface area (Å²) in [6, 6.07) is 5.99. The SMILES string of the molecule is C#CCOC(=O)C(=C)C(O)c1ccnc(-c2cc(C(O)C(=C)C(=O)OCC#C)ccn2)c1.